The Balaban J connectivity index is 3.21. The second-order valence-electron chi connectivity index (χ2n) is 2.08. The maximum absolute atomic E-state index is 10.4. The third-order valence-corrected chi connectivity index (χ3v) is 1.12. The van der Waals surface area contributed by atoms with E-state index in [4.69, 9.17) is 10.6 Å². The molecular formula is C6H14N2O2. The molecular weight excluding hydrogens is 132 g/mol. The molecule has 0 saturated heterocycles. The Morgan fingerprint density at radius 2 is 2.40 bits per heavy atom. The number of carbonyl (C=O) groups excluding carboxylic acids is 1. The van der Waals surface area contributed by atoms with E-state index in [1.54, 1.807) is 6.92 Å². The molecule has 4 heteroatoms. The van der Waals surface area contributed by atoms with E-state index in [1.807, 2.05) is 6.92 Å². The molecule has 0 fully saturated rings. The molecule has 0 aliphatic carbocycles. The topological polar surface area (TPSA) is 64.3 Å². The second kappa shape index (κ2) is 5.20. The van der Waals surface area contributed by atoms with Crippen LogP contribution in [0, 0.1) is 5.92 Å². The van der Waals surface area contributed by atoms with Crippen molar-refractivity contribution in [1.29, 1.82) is 0 Å². The summed E-state index contributed by atoms with van der Waals surface area (Å²) in [5.74, 6) is -0.487. The fraction of sp³-hybridized carbons (Fsp3) is 0.833. The molecule has 10 heavy (non-hydrogen) atoms. The molecule has 0 aliphatic heterocycles. The van der Waals surface area contributed by atoms with Gasteiger partial charge in [-0.15, -0.1) is 0 Å². The summed E-state index contributed by atoms with van der Waals surface area (Å²) in [4.78, 5) is 15.2. The van der Waals surface area contributed by atoms with Crippen molar-refractivity contribution < 1.29 is 9.63 Å². The summed E-state index contributed by atoms with van der Waals surface area (Å²) < 4.78 is 0. The van der Waals surface area contributed by atoms with Crippen molar-refractivity contribution in [2.75, 3.05) is 13.2 Å². The number of primary amides is 1. The van der Waals surface area contributed by atoms with E-state index in [2.05, 4.69) is 5.48 Å². The largest absolute Gasteiger partial charge is 0.369 e. The summed E-state index contributed by atoms with van der Waals surface area (Å²) in [5.41, 5.74) is 7.60. The normalized spacial score (nSPS) is 13.0. The summed E-state index contributed by atoms with van der Waals surface area (Å²) in [7, 11) is 0. The molecule has 0 bridgehead atoms. The van der Waals surface area contributed by atoms with Crippen molar-refractivity contribution in [1.82, 2.24) is 5.48 Å². The van der Waals surface area contributed by atoms with Crippen LogP contribution in [-0.2, 0) is 9.63 Å². The van der Waals surface area contributed by atoms with Gasteiger partial charge in [-0.1, -0.05) is 6.92 Å². The van der Waals surface area contributed by atoms with Gasteiger partial charge in [0.1, 0.15) is 0 Å². The van der Waals surface area contributed by atoms with E-state index < -0.39 is 0 Å². The highest BCUT2D eigenvalue weighted by molar-refractivity contribution is 5.76. The van der Waals surface area contributed by atoms with Crippen LogP contribution in [0.1, 0.15) is 13.8 Å². The summed E-state index contributed by atoms with van der Waals surface area (Å²) in [6.07, 6.45) is 0. The van der Waals surface area contributed by atoms with E-state index in [-0.39, 0.29) is 11.8 Å². The van der Waals surface area contributed by atoms with Crippen LogP contribution >= 0.6 is 0 Å². The van der Waals surface area contributed by atoms with E-state index in [0.717, 1.165) is 0 Å². The molecule has 1 unspecified atom stereocenters. The van der Waals surface area contributed by atoms with Crippen molar-refractivity contribution in [2.45, 2.75) is 13.8 Å². The van der Waals surface area contributed by atoms with Crippen molar-refractivity contribution >= 4 is 5.91 Å². The van der Waals surface area contributed by atoms with Crippen LogP contribution in [0.3, 0.4) is 0 Å². The quantitative estimate of drug-likeness (QED) is 0.411. The zero-order valence-electron chi connectivity index (χ0n) is 6.39. The maximum atomic E-state index is 10.4. The van der Waals surface area contributed by atoms with Crippen LogP contribution in [0.4, 0.5) is 0 Å². The van der Waals surface area contributed by atoms with Crippen molar-refractivity contribution in [2.24, 2.45) is 11.7 Å². The molecule has 0 radical (unpaired) electrons. The van der Waals surface area contributed by atoms with Crippen molar-refractivity contribution in [3.63, 3.8) is 0 Å². The van der Waals surface area contributed by atoms with Gasteiger partial charge in [0.25, 0.3) is 0 Å². The van der Waals surface area contributed by atoms with Crippen LogP contribution in [0.25, 0.3) is 0 Å². The minimum absolute atomic E-state index is 0.174. The van der Waals surface area contributed by atoms with Crippen LogP contribution in [0.5, 0.6) is 0 Å². The number of amides is 1. The van der Waals surface area contributed by atoms with Crippen molar-refractivity contribution in [3.05, 3.63) is 0 Å². The van der Waals surface area contributed by atoms with Crippen LogP contribution in [-0.4, -0.2) is 19.1 Å². The lowest BCUT2D eigenvalue weighted by molar-refractivity contribution is -0.122. The molecule has 0 aromatic heterocycles. The average molecular weight is 146 g/mol. The van der Waals surface area contributed by atoms with Gasteiger partial charge in [0.2, 0.25) is 5.91 Å². The van der Waals surface area contributed by atoms with Gasteiger partial charge >= 0.3 is 0 Å². The molecule has 0 heterocycles. The number of carbonyl (C=O) groups is 1. The number of hydroxylamine groups is 1. The van der Waals surface area contributed by atoms with Gasteiger partial charge in [0.15, 0.2) is 0 Å². The highest BCUT2D eigenvalue weighted by Crippen LogP contribution is 1.88. The van der Waals surface area contributed by atoms with Gasteiger partial charge in [-0.3, -0.25) is 4.79 Å². The Labute approximate surface area is 60.7 Å². The number of rotatable bonds is 5. The van der Waals surface area contributed by atoms with E-state index in [0.29, 0.717) is 13.2 Å². The van der Waals surface area contributed by atoms with Gasteiger partial charge < -0.3 is 10.6 Å². The molecule has 0 aliphatic rings. The molecule has 0 aromatic carbocycles. The lowest BCUT2D eigenvalue weighted by Gasteiger charge is -2.06. The summed E-state index contributed by atoms with van der Waals surface area (Å²) in [6, 6.07) is 0. The van der Waals surface area contributed by atoms with Crippen molar-refractivity contribution in [3.8, 4) is 0 Å². The molecule has 0 saturated carbocycles. The first kappa shape index (κ1) is 9.39. The third-order valence-electron chi connectivity index (χ3n) is 1.12. The van der Waals surface area contributed by atoms with Gasteiger partial charge in [-0.05, 0) is 6.92 Å². The predicted octanol–water partition coefficient (Wildman–Crippen LogP) is -0.351. The van der Waals surface area contributed by atoms with E-state index >= 15 is 0 Å². The van der Waals surface area contributed by atoms with Gasteiger partial charge in [0.05, 0.1) is 6.61 Å². The Morgan fingerprint density at radius 1 is 1.80 bits per heavy atom. The number of nitrogens with two attached hydrogens (primary N) is 1. The summed E-state index contributed by atoms with van der Waals surface area (Å²) in [5, 5.41) is 0. The zero-order chi connectivity index (χ0) is 7.98. The minimum Gasteiger partial charge on any atom is -0.369 e. The first-order valence-electron chi connectivity index (χ1n) is 3.32. The molecule has 0 rings (SSSR count). The first-order chi connectivity index (χ1) is 4.68. The Bertz CT molecular complexity index is 106. The predicted molar refractivity (Wildman–Crippen MR) is 38.0 cm³/mol. The fourth-order valence-corrected chi connectivity index (χ4v) is 0.387. The second-order valence-corrected chi connectivity index (χ2v) is 2.08. The SMILES string of the molecule is CCONCC(C)C(N)=O. The molecule has 0 spiro atoms. The zero-order valence-corrected chi connectivity index (χ0v) is 6.39. The lowest BCUT2D eigenvalue weighted by Crippen LogP contribution is -2.30. The molecule has 0 aromatic rings. The lowest BCUT2D eigenvalue weighted by atomic mass is 10.2. The van der Waals surface area contributed by atoms with E-state index in [9.17, 15) is 4.79 Å². The Kier molecular flexibility index (Phi) is 4.88. The third kappa shape index (κ3) is 4.29. The monoisotopic (exact) mass is 146 g/mol. The minimum atomic E-state index is -0.313. The fourth-order valence-electron chi connectivity index (χ4n) is 0.387. The molecule has 3 N–H and O–H groups in total. The number of hydrogen-bond acceptors (Lipinski definition) is 3. The molecule has 60 valence electrons. The molecule has 4 nitrogen and oxygen atoms in total. The standard InChI is InChI=1S/C6H14N2O2/c1-3-10-8-4-5(2)6(7)9/h5,8H,3-4H2,1-2H3,(H2,7,9). The highest BCUT2D eigenvalue weighted by Gasteiger charge is 2.06. The van der Waals surface area contributed by atoms with Crippen LogP contribution in [0.15, 0.2) is 0 Å². The maximum Gasteiger partial charge on any atom is 0.221 e. The van der Waals surface area contributed by atoms with Gasteiger partial charge in [0, 0.05) is 12.5 Å². The smallest absolute Gasteiger partial charge is 0.221 e. The summed E-state index contributed by atoms with van der Waals surface area (Å²) >= 11 is 0. The molecule has 1 atom stereocenters. The average Bonchev–Trinajstić information content (AvgIpc) is 1.88. The number of nitrogens with one attached hydrogen (secondary N) is 1. The van der Waals surface area contributed by atoms with E-state index in [1.165, 1.54) is 0 Å². The summed E-state index contributed by atoms with van der Waals surface area (Å²) in [6.45, 7) is 4.67. The molecule has 1 amide bonds. The van der Waals surface area contributed by atoms with Crippen LogP contribution < -0.4 is 11.2 Å². The first-order valence-corrected chi connectivity index (χ1v) is 3.32. The van der Waals surface area contributed by atoms with Crippen LogP contribution in [0.2, 0.25) is 0 Å². The van der Waals surface area contributed by atoms with Gasteiger partial charge in [-0.2, -0.15) is 0 Å². The Morgan fingerprint density at radius 3 is 2.80 bits per heavy atom. The van der Waals surface area contributed by atoms with Gasteiger partial charge in [-0.25, -0.2) is 5.48 Å². The highest BCUT2D eigenvalue weighted by atomic mass is 16.6. The number of hydrogen-bond donors (Lipinski definition) is 2. The Hall–Kier alpha value is -0.610.